The van der Waals surface area contributed by atoms with Crippen LogP contribution >= 0.6 is 0 Å². The van der Waals surface area contributed by atoms with Gasteiger partial charge in [-0.3, -0.25) is 9.78 Å². The number of hydrogen-bond acceptors (Lipinski definition) is 6. The minimum absolute atomic E-state index is 0.0236. The summed E-state index contributed by atoms with van der Waals surface area (Å²) in [4.78, 5) is 28.7. The fourth-order valence-corrected chi connectivity index (χ4v) is 3.14. The maximum absolute atomic E-state index is 13.9. The van der Waals surface area contributed by atoms with Gasteiger partial charge in [-0.25, -0.2) is 9.18 Å². The Balaban J connectivity index is 1.93. The smallest absolute Gasteiger partial charge is 0.338 e. The van der Waals surface area contributed by atoms with Crippen molar-refractivity contribution in [2.24, 2.45) is 5.73 Å². The van der Waals surface area contributed by atoms with E-state index in [4.69, 9.17) is 15.6 Å². The second-order valence-electron chi connectivity index (χ2n) is 7.19. The first-order valence-electron chi connectivity index (χ1n) is 10.1. The number of nitrogens with two attached hydrogens (primary N) is 1. The van der Waals surface area contributed by atoms with E-state index in [1.54, 1.807) is 42.5 Å². The predicted octanol–water partition coefficient (Wildman–Crippen LogP) is 3.70. The maximum atomic E-state index is 13.9. The molecule has 0 saturated heterocycles. The number of aliphatic hydroxyl groups excluding tert-OH is 1. The van der Waals surface area contributed by atoms with Gasteiger partial charge in [0, 0.05) is 30.8 Å². The molecule has 0 radical (unpaired) electrons. The standard InChI is InChI=1S/C24H24FN3O4/c1-15(26)19-7-6-17(23(30)28-22-8-9-27-14-21(22)25)13-20(19)16-4-2-5-18(12-16)24(31)32-11-3-10-29/h2,4-9,12-15,29H,3,10-11,26H2,1H3,(H,27,28,30). The Morgan fingerprint density at radius 2 is 2.00 bits per heavy atom. The highest BCUT2D eigenvalue weighted by molar-refractivity contribution is 6.05. The fraction of sp³-hybridized carbons (Fsp3) is 0.208. The van der Waals surface area contributed by atoms with Gasteiger partial charge in [0.2, 0.25) is 0 Å². The molecular weight excluding hydrogens is 413 g/mol. The normalized spacial score (nSPS) is 11.6. The number of nitrogens with zero attached hydrogens (tertiary/aromatic N) is 1. The highest BCUT2D eigenvalue weighted by Crippen LogP contribution is 2.30. The number of ether oxygens (including phenoxy) is 1. The molecule has 0 fully saturated rings. The van der Waals surface area contributed by atoms with E-state index in [2.05, 4.69) is 10.3 Å². The molecule has 0 aliphatic carbocycles. The van der Waals surface area contributed by atoms with E-state index in [-0.39, 0.29) is 24.9 Å². The number of benzene rings is 2. The summed E-state index contributed by atoms with van der Waals surface area (Å²) in [6, 6.07) is 12.8. The van der Waals surface area contributed by atoms with Crippen molar-refractivity contribution in [3.63, 3.8) is 0 Å². The lowest BCUT2D eigenvalue weighted by molar-refractivity contribution is 0.0482. The molecule has 3 rings (SSSR count). The van der Waals surface area contributed by atoms with Crippen LogP contribution in [0.25, 0.3) is 11.1 Å². The number of aliphatic hydroxyl groups is 1. The minimum Gasteiger partial charge on any atom is -0.462 e. The SMILES string of the molecule is CC(N)c1ccc(C(=O)Nc2ccncc2F)cc1-c1cccc(C(=O)OCCCO)c1. The van der Waals surface area contributed by atoms with Crippen molar-refractivity contribution in [2.75, 3.05) is 18.5 Å². The summed E-state index contributed by atoms with van der Waals surface area (Å²) in [6.45, 7) is 1.87. The van der Waals surface area contributed by atoms with Crippen LogP contribution in [-0.2, 0) is 4.74 Å². The number of pyridine rings is 1. The summed E-state index contributed by atoms with van der Waals surface area (Å²) in [5.41, 5.74) is 8.92. The summed E-state index contributed by atoms with van der Waals surface area (Å²) in [6.07, 6.45) is 2.76. The number of anilines is 1. The summed E-state index contributed by atoms with van der Waals surface area (Å²) in [5, 5.41) is 11.4. The zero-order chi connectivity index (χ0) is 23.1. The van der Waals surface area contributed by atoms with Crippen molar-refractivity contribution < 1.29 is 23.8 Å². The Kier molecular flexibility index (Phi) is 7.64. The van der Waals surface area contributed by atoms with Gasteiger partial charge in [-0.2, -0.15) is 0 Å². The number of rotatable bonds is 8. The molecule has 1 aromatic heterocycles. The monoisotopic (exact) mass is 437 g/mol. The Bertz CT molecular complexity index is 1120. The van der Waals surface area contributed by atoms with Gasteiger partial charge in [0.15, 0.2) is 5.82 Å². The van der Waals surface area contributed by atoms with Crippen LogP contribution in [0.3, 0.4) is 0 Å². The first kappa shape index (κ1) is 23.1. The highest BCUT2D eigenvalue weighted by atomic mass is 19.1. The van der Waals surface area contributed by atoms with E-state index in [1.165, 1.54) is 12.3 Å². The minimum atomic E-state index is -0.638. The van der Waals surface area contributed by atoms with Crippen LogP contribution in [0.15, 0.2) is 60.9 Å². The Morgan fingerprint density at radius 1 is 1.19 bits per heavy atom. The molecule has 8 heteroatoms. The molecular formula is C24H24FN3O4. The molecule has 0 spiro atoms. The molecule has 1 heterocycles. The van der Waals surface area contributed by atoms with E-state index >= 15 is 0 Å². The van der Waals surface area contributed by atoms with Crippen molar-refractivity contribution in [1.29, 1.82) is 0 Å². The topological polar surface area (TPSA) is 115 Å². The summed E-state index contributed by atoms with van der Waals surface area (Å²) in [5.74, 6) is -1.64. The highest BCUT2D eigenvalue weighted by Gasteiger charge is 2.16. The number of esters is 1. The van der Waals surface area contributed by atoms with Crippen LogP contribution in [-0.4, -0.2) is 35.2 Å². The van der Waals surface area contributed by atoms with Crippen molar-refractivity contribution >= 4 is 17.6 Å². The molecule has 0 bridgehead atoms. The largest absolute Gasteiger partial charge is 0.462 e. The van der Waals surface area contributed by atoms with E-state index in [1.807, 2.05) is 6.92 Å². The lowest BCUT2D eigenvalue weighted by Gasteiger charge is -2.16. The quantitative estimate of drug-likeness (QED) is 0.366. The maximum Gasteiger partial charge on any atom is 0.338 e. The Labute approximate surface area is 185 Å². The molecule has 166 valence electrons. The molecule has 4 N–H and O–H groups in total. The van der Waals surface area contributed by atoms with Crippen molar-refractivity contribution in [3.8, 4) is 11.1 Å². The first-order valence-corrected chi connectivity index (χ1v) is 10.1. The molecule has 3 aromatic rings. The first-order chi connectivity index (χ1) is 15.4. The molecule has 0 aliphatic heterocycles. The number of nitrogens with one attached hydrogen (secondary N) is 1. The number of carbonyl (C=O) groups is 2. The van der Waals surface area contributed by atoms with Gasteiger partial charge in [-0.05, 0) is 53.9 Å². The van der Waals surface area contributed by atoms with Crippen LogP contribution < -0.4 is 11.1 Å². The van der Waals surface area contributed by atoms with Gasteiger partial charge in [-0.1, -0.05) is 18.2 Å². The van der Waals surface area contributed by atoms with E-state index in [0.29, 0.717) is 28.7 Å². The molecule has 0 saturated carbocycles. The van der Waals surface area contributed by atoms with E-state index in [9.17, 15) is 14.0 Å². The van der Waals surface area contributed by atoms with Crippen LogP contribution in [0.4, 0.5) is 10.1 Å². The molecule has 1 amide bonds. The third kappa shape index (κ3) is 5.54. The van der Waals surface area contributed by atoms with Crippen molar-refractivity contribution in [3.05, 3.63) is 83.4 Å². The third-order valence-corrected chi connectivity index (χ3v) is 4.77. The molecule has 0 aliphatic rings. The second-order valence-corrected chi connectivity index (χ2v) is 7.19. The van der Waals surface area contributed by atoms with Gasteiger partial charge in [-0.15, -0.1) is 0 Å². The van der Waals surface area contributed by atoms with Crippen LogP contribution in [0.2, 0.25) is 0 Å². The molecule has 32 heavy (non-hydrogen) atoms. The number of aromatic nitrogens is 1. The number of amides is 1. The van der Waals surface area contributed by atoms with E-state index < -0.39 is 17.7 Å². The van der Waals surface area contributed by atoms with Gasteiger partial charge in [0.05, 0.1) is 24.1 Å². The molecule has 2 aromatic carbocycles. The van der Waals surface area contributed by atoms with Crippen molar-refractivity contribution in [1.82, 2.24) is 4.98 Å². The Morgan fingerprint density at radius 3 is 2.72 bits per heavy atom. The lowest BCUT2D eigenvalue weighted by Crippen LogP contribution is -2.14. The van der Waals surface area contributed by atoms with Crippen LogP contribution in [0.5, 0.6) is 0 Å². The van der Waals surface area contributed by atoms with Gasteiger partial charge in [0.25, 0.3) is 5.91 Å². The lowest BCUT2D eigenvalue weighted by atomic mass is 9.92. The van der Waals surface area contributed by atoms with Gasteiger partial charge in [0.1, 0.15) is 0 Å². The average Bonchev–Trinajstić information content (AvgIpc) is 2.80. The predicted molar refractivity (Wildman–Crippen MR) is 119 cm³/mol. The van der Waals surface area contributed by atoms with Crippen LogP contribution in [0.1, 0.15) is 45.7 Å². The zero-order valence-corrected chi connectivity index (χ0v) is 17.5. The number of halogens is 1. The molecule has 1 unspecified atom stereocenters. The van der Waals surface area contributed by atoms with Gasteiger partial charge < -0.3 is 20.9 Å². The molecule has 7 nitrogen and oxygen atoms in total. The van der Waals surface area contributed by atoms with Crippen LogP contribution in [0, 0.1) is 5.82 Å². The average molecular weight is 437 g/mol. The zero-order valence-electron chi connectivity index (χ0n) is 17.5. The van der Waals surface area contributed by atoms with Crippen molar-refractivity contribution in [2.45, 2.75) is 19.4 Å². The van der Waals surface area contributed by atoms with Gasteiger partial charge >= 0.3 is 5.97 Å². The van der Waals surface area contributed by atoms with E-state index in [0.717, 1.165) is 11.8 Å². The number of carbonyl (C=O) groups excluding carboxylic acids is 2. The third-order valence-electron chi connectivity index (χ3n) is 4.77. The fourth-order valence-electron chi connectivity index (χ4n) is 3.14. The molecule has 1 atom stereocenters. The Hall–Kier alpha value is -3.62. The second kappa shape index (κ2) is 10.6. The summed E-state index contributed by atoms with van der Waals surface area (Å²) in [7, 11) is 0. The number of hydrogen-bond donors (Lipinski definition) is 3. The summed E-state index contributed by atoms with van der Waals surface area (Å²) >= 11 is 0. The summed E-state index contributed by atoms with van der Waals surface area (Å²) < 4.78 is 19.0.